The van der Waals surface area contributed by atoms with E-state index in [4.69, 9.17) is 31.8 Å². The molecule has 0 heterocycles. The highest BCUT2D eigenvalue weighted by Crippen LogP contribution is 2.51. The number of benzene rings is 9. The van der Waals surface area contributed by atoms with E-state index in [1.54, 1.807) is 0 Å². The van der Waals surface area contributed by atoms with Gasteiger partial charge in [0.05, 0.1) is 30.7 Å². The van der Waals surface area contributed by atoms with Gasteiger partial charge < -0.3 is 18.9 Å². The van der Waals surface area contributed by atoms with Crippen LogP contribution in [-0.4, -0.2) is 0 Å². The summed E-state index contributed by atoms with van der Waals surface area (Å²) in [4.78, 5) is -8.08. The molecule has 0 radical (unpaired) electrons. The monoisotopic (exact) mass is 1290 g/mol. The van der Waals surface area contributed by atoms with Crippen LogP contribution in [0.15, 0.2) is 129 Å². The molecule has 0 spiro atoms. The maximum absolute atomic E-state index is 16.2. The third-order valence-electron chi connectivity index (χ3n) is 12.1. The lowest BCUT2D eigenvalue weighted by atomic mass is 9.96. The van der Waals surface area contributed by atoms with Gasteiger partial charge in [0.15, 0.2) is 46.5 Å². The van der Waals surface area contributed by atoms with Crippen LogP contribution in [0.5, 0.6) is 46.0 Å². The van der Waals surface area contributed by atoms with Gasteiger partial charge in [0.1, 0.15) is 23.0 Å². The summed E-state index contributed by atoms with van der Waals surface area (Å²) in [6, 6.07) is 13.3. The maximum Gasteiger partial charge on any atom is 0.416 e. The predicted molar refractivity (Wildman–Crippen MR) is 270 cm³/mol. The molecule has 0 N–H and O–H groups in total. The zero-order chi connectivity index (χ0) is 64.2. The number of ether oxygens (including phenoxy) is 4. The van der Waals surface area contributed by atoms with Gasteiger partial charge in [-0.15, -0.1) is 12.8 Å². The Morgan fingerprint density at radius 2 is 0.557 bits per heavy atom. The third-order valence-corrected chi connectivity index (χ3v) is 14.4. The van der Waals surface area contributed by atoms with Crippen LogP contribution in [0.25, 0.3) is 22.3 Å². The van der Waals surface area contributed by atoms with E-state index >= 15 is 70.2 Å². The summed E-state index contributed by atoms with van der Waals surface area (Å²) < 4.78 is 355. The second-order valence-electron chi connectivity index (χ2n) is 17.6. The summed E-state index contributed by atoms with van der Waals surface area (Å²) in [5, 5.41) is 0. The number of hydrogen-bond acceptors (Lipinski definition) is 6. The molecule has 9 aromatic rings. The lowest BCUT2D eigenvalue weighted by Crippen LogP contribution is -2.07. The Labute approximate surface area is 486 Å². The molecular weight excluding hydrogens is 1270 g/mol. The van der Waals surface area contributed by atoms with E-state index in [9.17, 15) is 26.3 Å². The van der Waals surface area contributed by atoms with Gasteiger partial charge in [0, 0.05) is 22.3 Å². The molecule has 0 amide bonds. The number of halogens is 22. The molecule has 0 saturated carbocycles. The van der Waals surface area contributed by atoms with Crippen molar-refractivity contribution in [1.82, 2.24) is 0 Å². The molecule has 0 saturated heterocycles. The van der Waals surface area contributed by atoms with E-state index in [1.165, 1.54) is 24.3 Å². The van der Waals surface area contributed by atoms with Gasteiger partial charge in [-0.05, 0) is 83.9 Å². The summed E-state index contributed by atoms with van der Waals surface area (Å²) in [5.41, 5.74) is -6.00. The first-order chi connectivity index (χ1) is 41.4. The van der Waals surface area contributed by atoms with Crippen molar-refractivity contribution in [2.24, 2.45) is 0 Å². The Hall–Kier alpha value is -9.54. The lowest BCUT2D eigenvalue weighted by Gasteiger charge is -2.20. The Morgan fingerprint density at radius 3 is 0.795 bits per heavy atom. The van der Waals surface area contributed by atoms with E-state index in [0.717, 1.165) is 24.3 Å². The molecule has 0 atom stereocenters. The van der Waals surface area contributed by atoms with E-state index in [0.29, 0.717) is 60.7 Å². The zero-order valence-corrected chi connectivity index (χ0v) is 43.9. The van der Waals surface area contributed by atoms with Gasteiger partial charge in [-0.1, -0.05) is 71.8 Å². The second kappa shape index (κ2) is 24.3. The van der Waals surface area contributed by atoms with Gasteiger partial charge in [-0.3, -0.25) is 0 Å². The molecule has 0 fully saturated rings. The Kier molecular flexibility index (Phi) is 17.4. The normalized spacial score (nSPS) is 11.6. The maximum atomic E-state index is 16.2. The molecule has 0 aliphatic rings. The molecule has 450 valence electrons. The second-order valence-corrected chi connectivity index (χ2v) is 19.6. The molecule has 0 aliphatic heterocycles. The summed E-state index contributed by atoms with van der Waals surface area (Å²) >= 11 is -1.94. The summed E-state index contributed by atoms with van der Waals surface area (Å²) in [6.45, 7) is 0. The molecule has 9 rings (SSSR count). The molecular formula is C60H20F22O4S2. The van der Waals surface area contributed by atoms with Gasteiger partial charge in [-0.2, -0.15) is 61.5 Å². The molecule has 4 nitrogen and oxygen atoms in total. The zero-order valence-electron chi connectivity index (χ0n) is 42.3. The van der Waals surface area contributed by atoms with Crippen molar-refractivity contribution < 1.29 is 116 Å². The van der Waals surface area contributed by atoms with Crippen molar-refractivity contribution in [3.05, 3.63) is 225 Å². The van der Waals surface area contributed by atoms with E-state index in [2.05, 4.69) is 11.8 Å². The topological polar surface area (TPSA) is 36.9 Å². The summed E-state index contributed by atoms with van der Waals surface area (Å²) in [6.07, 6.45) is 0.275. The molecule has 0 unspecified atom stereocenters. The molecule has 0 aromatic heterocycles. The fourth-order valence-electron chi connectivity index (χ4n) is 7.90. The average molecular weight is 1290 g/mol. The summed E-state index contributed by atoms with van der Waals surface area (Å²) in [7, 11) is 0. The smallest absolute Gasteiger partial charge is 0.416 e. The molecule has 28 heteroatoms. The van der Waals surface area contributed by atoms with Crippen LogP contribution in [0, 0.1) is 118 Å². The van der Waals surface area contributed by atoms with Crippen molar-refractivity contribution in [2.75, 3.05) is 0 Å². The van der Waals surface area contributed by atoms with Gasteiger partial charge in [-0.25, -0.2) is 35.1 Å². The van der Waals surface area contributed by atoms with E-state index in [1.807, 2.05) is 0 Å². The van der Waals surface area contributed by atoms with Crippen LogP contribution in [0.3, 0.4) is 0 Å². The first-order valence-electron chi connectivity index (χ1n) is 23.6. The van der Waals surface area contributed by atoms with Crippen LogP contribution in [0.2, 0.25) is 0 Å². The molecule has 9 aromatic carbocycles. The lowest BCUT2D eigenvalue weighted by molar-refractivity contribution is -0.138. The van der Waals surface area contributed by atoms with Crippen molar-refractivity contribution in [3.8, 4) is 92.9 Å². The molecule has 88 heavy (non-hydrogen) atoms. The Morgan fingerprint density at radius 1 is 0.307 bits per heavy atom. The van der Waals surface area contributed by atoms with Crippen LogP contribution >= 0.6 is 23.5 Å². The summed E-state index contributed by atoms with van der Waals surface area (Å²) in [5.74, 6) is -47.6. The highest BCUT2D eigenvalue weighted by Gasteiger charge is 2.38. The van der Waals surface area contributed by atoms with Gasteiger partial charge in [0.2, 0.25) is 69.5 Å². The quantitative estimate of drug-likeness (QED) is 0.0614. The van der Waals surface area contributed by atoms with Crippen LogP contribution < -0.4 is 18.9 Å². The molecule has 0 aliphatic carbocycles. The fourth-order valence-corrected chi connectivity index (χ4v) is 9.74. The Balaban J connectivity index is 1.16. The predicted octanol–water partition coefficient (Wildman–Crippen LogP) is 20.7. The fraction of sp³-hybridized carbons (Fsp3) is 0.0333. The highest BCUT2D eigenvalue weighted by molar-refractivity contribution is 7.99. The van der Waals surface area contributed by atoms with Gasteiger partial charge >= 0.3 is 12.4 Å². The standard InChI is InChI=1S/C60H20F22O4S2/c1-3-23-7-5-9-29(19-23)83-51-35(61)43(69)55(44(70)36(51)62)87-57-47(73)39(65)53(40(66)48(57)74)85-33-21-32(26-13-17-28(18-14-26)60(80,81)82)34(22-31(33)25-11-15-27(16-12-25)59(77,78)79)86-54-41(67)49(75)58(50(76)42(54)68)88-56-45(71)37(63)52(38(64)46(56)72)84-30-10-6-8-24(4-2)20-30/h1-2,5-22H. The van der Waals surface area contributed by atoms with Crippen LogP contribution in [0.1, 0.15) is 22.3 Å². The number of rotatable bonds is 14. The van der Waals surface area contributed by atoms with E-state index in [-0.39, 0.29) is 11.1 Å². The number of hydrogen-bond donors (Lipinski definition) is 0. The average Bonchev–Trinajstić information content (AvgIpc) is 0.880. The van der Waals surface area contributed by atoms with Crippen molar-refractivity contribution in [3.63, 3.8) is 0 Å². The van der Waals surface area contributed by atoms with Crippen LogP contribution in [0.4, 0.5) is 96.6 Å². The first-order valence-corrected chi connectivity index (χ1v) is 25.3. The van der Waals surface area contributed by atoms with Gasteiger partial charge in [0.25, 0.3) is 0 Å². The Bertz CT molecular complexity index is 4010. The first kappa shape index (κ1) is 63.0. The SMILES string of the molecule is C#Cc1cccc(Oc2c(F)c(F)c(Sc3c(F)c(F)c(Oc4cc(-c5ccc(C(F)(F)F)cc5)c(Oc5c(F)c(F)c(Sc6c(F)c(F)c(Oc7cccc(C#C)c7)c(F)c6F)c(F)c5F)cc4-c4ccc(C(F)(F)F)cc4)c(F)c3F)c(F)c2F)c1. The van der Waals surface area contributed by atoms with E-state index < -0.39 is 228 Å². The molecule has 0 bridgehead atoms. The number of alkyl halides is 6. The van der Waals surface area contributed by atoms with Crippen molar-refractivity contribution >= 4 is 23.5 Å². The minimum absolute atomic E-state index is 0.0507. The van der Waals surface area contributed by atoms with Crippen molar-refractivity contribution in [2.45, 2.75) is 31.9 Å². The largest absolute Gasteiger partial charge is 0.451 e. The minimum atomic E-state index is -5.12. The minimum Gasteiger partial charge on any atom is -0.451 e. The number of terminal acetylenes is 2. The van der Waals surface area contributed by atoms with Crippen molar-refractivity contribution in [1.29, 1.82) is 0 Å². The third kappa shape index (κ3) is 12.0. The highest BCUT2D eigenvalue weighted by atomic mass is 32.2. The van der Waals surface area contributed by atoms with Crippen LogP contribution in [-0.2, 0) is 12.4 Å².